The minimum atomic E-state index is -0.267. The van der Waals surface area contributed by atoms with Gasteiger partial charge in [-0.3, -0.25) is 4.79 Å². The molecule has 3 rings (SSSR count). The van der Waals surface area contributed by atoms with Crippen molar-refractivity contribution in [2.24, 2.45) is 0 Å². The molecule has 2 aromatic carbocycles. The normalized spacial score (nSPS) is 21.4. The summed E-state index contributed by atoms with van der Waals surface area (Å²) in [6.07, 6.45) is 0.618. The highest BCUT2D eigenvalue weighted by Gasteiger charge is 2.31. The molecule has 0 bridgehead atoms. The Balaban J connectivity index is 1.71. The van der Waals surface area contributed by atoms with E-state index < -0.39 is 0 Å². The van der Waals surface area contributed by atoms with Gasteiger partial charge in [0.05, 0.1) is 7.11 Å². The van der Waals surface area contributed by atoms with Crippen LogP contribution in [0.4, 0.5) is 0 Å². The van der Waals surface area contributed by atoms with Crippen LogP contribution in [0.1, 0.15) is 6.42 Å². The number of carbonyl (C=O) groups is 1. The summed E-state index contributed by atoms with van der Waals surface area (Å²) in [4.78, 5) is 11.5. The largest absolute Gasteiger partial charge is 0.489 e. The number of fused-ring (bicyclic) bond motifs is 1. The van der Waals surface area contributed by atoms with Crippen molar-refractivity contribution >= 4 is 32.7 Å². The summed E-state index contributed by atoms with van der Waals surface area (Å²) in [5.41, 5.74) is 0. The maximum atomic E-state index is 11.5. The summed E-state index contributed by atoms with van der Waals surface area (Å²) < 4.78 is 11.8. The number of carbonyl (C=O) groups excluding carboxylic acids is 1. The maximum Gasteiger partial charge on any atom is 0.323 e. The summed E-state index contributed by atoms with van der Waals surface area (Å²) in [5.74, 6) is 0.589. The Morgan fingerprint density at radius 1 is 1.24 bits per heavy atom. The molecule has 1 heterocycles. The zero-order chi connectivity index (χ0) is 14.8. The smallest absolute Gasteiger partial charge is 0.323 e. The van der Waals surface area contributed by atoms with Crippen LogP contribution >= 0.6 is 15.9 Å². The topological polar surface area (TPSA) is 47.6 Å². The molecule has 0 saturated carbocycles. The van der Waals surface area contributed by atoms with Crippen LogP contribution in [0.2, 0.25) is 0 Å². The van der Waals surface area contributed by atoms with E-state index in [1.807, 2.05) is 24.3 Å². The van der Waals surface area contributed by atoms with Gasteiger partial charge in [-0.15, -0.1) is 0 Å². The van der Waals surface area contributed by atoms with Crippen molar-refractivity contribution in [3.8, 4) is 5.75 Å². The monoisotopic (exact) mass is 349 g/mol. The Bertz CT molecular complexity index is 674. The van der Waals surface area contributed by atoms with E-state index in [0.717, 1.165) is 21.0 Å². The summed E-state index contributed by atoms with van der Waals surface area (Å²) in [6, 6.07) is 11.9. The van der Waals surface area contributed by atoms with Crippen LogP contribution in [0.3, 0.4) is 0 Å². The molecule has 110 valence electrons. The first-order valence-corrected chi connectivity index (χ1v) is 7.62. The number of ether oxygens (including phenoxy) is 2. The Morgan fingerprint density at radius 2 is 2.00 bits per heavy atom. The van der Waals surface area contributed by atoms with Crippen molar-refractivity contribution < 1.29 is 14.3 Å². The zero-order valence-corrected chi connectivity index (χ0v) is 13.2. The number of halogens is 1. The van der Waals surface area contributed by atoms with E-state index >= 15 is 0 Å². The van der Waals surface area contributed by atoms with Crippen LogP contribution in [0.5, 0.6) is 5.75 Å². The molecule has 1 N–H and O–H groups in total. The van der Waals surface area contributed by atoms with E-state index in [4.69, 9.17) is 9.47 Å². The van der Waals surface area contributed by atoms with Gasteiger partial charge in [0.1, 0.15) is 17.9 Å². The Morgan fingerprint density at radius 3 is 2.81 bits per heavy atom. The second kappa shape index (κ2) is 6.03. The molecule has 0 aromatic heterocycles. The lowest BCUT2D eigenvalue weighted by Gasteiger charge is -2.13. The first-order chi connectivity index (χ1) is 10.2. The van der Waals surface area contributed by atoms with Gasteiger partial charge in [0.2, 0.25) is 0 Å². The molecule has 1 aliphatic heterocycles. The highest BCUT2D eigenvalue weighted by Crippen LogP contribution is 2.25. The minimum absolute atomic E-state index is 0.0120. The van der Waals surface area contributed by atoms with Gasteiger partial charge in [-0.1, -0.05) is 28.1 Å². The molecular formula is C16H16BrNO3. The molecule has 1 saturated heterocycles. The predicted molar refractivity (Wildman–Crippen MR) is 84.5 cm³/mol. The number of rotatable bonds is 3. The van der Waals surface area contributed by atoms with Crippen LogP contribution in [-0.2, 0) is 9.53 Å². The first kappa shape index (κ1) is 14.4. The van der Waals surface area contributed by atoms with E-state index in [0.29, 0.717) is 13.0 Å². The Labute approximate surface area is 131 Å². The molecule has 0 radical (unpaired) electrons. The van der Waals surface area contributed by atoms with Gasteiger partial charge in [0, 0.05) is 17.4 Å². The van der Waals surface area contributed by atoms with E-state index in [1.54, 1.807) is 0 Å². The molecule has 2 aromatic rings. The van der Waals surface area contributed by atoms with Gasteiger partial charge in [-0.2, -0.15) is 0 Å². The number of hydrogen-bond acceptors (Lipinski definition) is 4. The molecule has 21 heavy (non-hydrogen) atoms. The SMILES string of the molecule is COC(=O)[C@H]1C[C@@H](Oc2ccc3cc(Br)ccc3c2)CN1. The van der Waals surface area contributed by atoms with Crippen molar-refractivity contribution in [1.82, 2.24) is 5.32 Å². The third kappa shape index (κ3) is 3.19. The van der Waals surface area contributed by atoms with Gasteiger partial charge in [-0.25, -0.2) is 0 Å². The van der Waals surface area contributed by atoms with Crippen molar-refractivity contribution in [2.45, 2.75) is 18.6 Å². The van der Waals surface area contributed by atoms with Crippen LogP contribution in [-0.4, -0.2) is 31.8 Å². The molecule has 2 atom stereocenters. The number of benzene rings is 2. The van der Waals surface area contributed by atoms with Crippen LogP contribution in [0, 0.1) is 0 Å². The molecule has 4 nitrogen and oxygen atoms in total. The third-order valence-corrected chi connectivity index (χ3v) is 4.15. The number of esters is 1. The summed E-state index contributed by atoms with van der Waals surface area (Å²) in [6.45, 7) is 0.651. The van der Waals surface area contributed by atoms with Gasteiger partial charge in [-0.05, 0) is 35.0 Å². The van der Waals surface area contributed by atoms with Crippen molar-refractivity contribution in [1.29, 1.82) is 0 Å². The average Bonchev–Trinajstić information content (AvgIpc) is 2.95. The number of hydrogen-bond donors (Lipinski definition) is 1. The maximum absolute atomic E-state index is 11.5. The summed E-state index contributed by atoms with van der Waals surface area (Å²) >= 11 is 3.47. The van der Waals surface area contributed by atoms with Crippen LogP contribution in [0.15, 0.2) is 40.9 Å². The Hall–Kier alpha value is -1.59. The standard InChI is InChI=1S/C16H16BrNO3/c1-20-16(19)15-8-14(9-18-15)21-13-5-3-10-6-12(17)4-2-11(10)7-13/h2-7,14-15,18H,8-9H2,1H3/t14-,15-/m1/s1. The minimum Gasteiger partial charge on any atom is -0.489 e. The third-order valence-electron chi connectivity index (χ3n) is 3.65. The Kier molecular flexibility index (Phi) is 4.12. The predicted octanol–water partition coefficient (Wildman–Crippen LogP) is 2.88. The van der Waals surface area contributed by atoms with E-state index in [2.05, 4.69) is 33.4 Å². The highest BCUT2D eigenvalue weighted by atomic mass is 79.9. The quantitative estimate of drug-likeness (QED) is 0.865. The fourth-order valence-corrected chi connectivity index (χ4v) is 2.95. The van der Waals surface area contributed by atoms with E-state index in [9.17, 15) is 4.79 Å². The van der Waals surface area contributed by atoms with Gasteiger partial charge < -0.3 is 14.8 Å². The lowest BCUT2D eigenvalue weighted by atomic mass is 10.1. The molecule has 0 amide bonds. The molecule has 5 heteroatoms. The second-order valence-electron chi connectivity index (χ2n) is 5.11. The lowest BCUT2D eigenvalue weighted by Crippen LogP contribution is -2.31. The first-order valence-electron chi connectivity index (χ1n) is 6.83. The fraction of sp³-hybridized carbons (Fsp3) is 0.312. The zero-order valence-electron chi connectivity index (χ0n) is 11.6. The fourth-order valence-electron chi connectivity index (χ4n) is 2.58. The molecule has 1 fully saturated rings. The highest BCUT2D eigenvalue weighted by molar-refractivity contribution is 9.10. The van der Waals surface area contributed by atoms with Gasteiger partial charge in [0.15, 0.2) is 0 Å². The van der Waals surface area contributed by atoms with E-state index in [-0.39, 0.29) is 18.1 Å². The molecule has 0 aliphatic carbocycles. The lowest BCUT2D eigenvalue weighted by molar-refractivity contribution is -0.142. The van der Waals surface area contributed by atoms with Crippen molar-refractivity contribution in [3.63, 3.8) is 0 Å². The van der Waals surface area contributed by atoms with Gasteiger partial charge in [0.25, 0.3) is 0 Å². The number of methoxy groups -OCH3 is 1. The van der Waals surface area contributed by atoms with Crippen molar-refractivity contribution in [2.75, 3.05) is 13.7 Å². The molecule has 1 aliphatic rings. The molecular weight excluding hydrogens is 334 g/mol. The van der Waals surface area contributed by atoms with E-state index in [1.165, 1.54) is 7.11 Å². The van der Waals surface area contributed by atoms with Crippen molar-refractivity contribution in [3.05, 3.63) is 40.9 Å². The average molecular weight is 350 g/mol. The summed E-state index contributed by atoms with van der Waals surface area (Å²) in [5, 5.41) is 5.41. The molecule has 0 unspecified atom stereocenters. The van der Waals surface area contributed by atoms with Gasteiger partial charge >= 0.3 is 5.97 Å². The number of nitrogens with one attached hydrogen (secondary N) is 1. The van der Waals surface area contributed by atoms with Crippen LogP contribution < -0.4 is 10.1 Å². The summed E-state index contributed by atoms with van der Waals surface area (Å²) in [7, 11) is 1.40. The second-order valence-corrected chi connectivity index (χ2v) is 6.03. The van der Waals surface area contributed by atoms with Crippen LogP contribution in [0.25, 0.3) is 10.8 Å². The molecule has 0 spiro atoms.